The summed E-state index contributed by atoms with van der Waals surface area (Å²) in [4.78, 5) is 18.0. The van der Waals surface area contributed by atoms with Gasteiger partial charge in [-0.25, -0.2) is 4.98 Å². The van der Waals surface area contributed by atoms with Crippen LogP contribution in [0.4, 0.5) is 5.13 Å². The lowest BCUT2D eigenvalue weighted by Gasteiger charge is -2.31. The summed E-state index contributed by atoms with van der Waals surface area (Å²) in [6, 6.07) is 0. The summed E-state index contributed by atoms with van der Waals surface area (Å²) in [5.41, 5.74) is 6.02. The van der Waals surface area contributed by atoms with E-state index in [9.17, 15) is 4.79 Å². The Morgan fingerprint density at radius 3 is 3.19 bits per heavy atom. The quantitative estimate of drug-likeness (QED) is 0.876. The van der Waals surface area contributed by atoms with Gasteiger partial charge in [-0.15, -0.1) is 11.3 Å². The average Bonchev–Trinajstić information content (AvgIpc) is 2.75. The minimum atomic E-state index is 0.0201. The van der Waals surface area contributed by atoms with Crippen LogP contribution in [-0.4, -0.2) is 39.9 Å². The molecular formula is C10H15N3OS2. The predicted molar refractivity (Wildman–Crippen MR) is 69.0 cm³/mol. The van der Waals surface area contributed by atoms with Crippen molar-refractivity contribution in [3.8, 4) is 0 Å². The van der Waals surface area contributed by atoms with E-state index in [2.05, 4.69) is 11.9 Å². The highest BCUT2D eigenvalue weighted by Crippen LogP contribution is 2.23. The molecule has 0 aromatic carbocycles. The van der Waals surface area contributed by atoms with Crippen molar-refractivity contribution in [1.82, 2.24) is 9.88 Å². The van der Waals surface area contributed by atoms with E-state index in [1.54, 1.807) is 5.38 Å². The first-order valence-corrected chi connectivity index (χ1v) is 7.25. The third-order valence-corrected chi connectivity index (χ3v) is 4.67. The number of thioether (sulfide) groups is 1. The van der Waals surface area contributed by atoms with Crippen molar-refractivity contribution in [2.75, 3.05) is 24.6 Å². The molecule has 1 aromatic heterocycles. The molecule has 2 N–H and O–H groups in total. The number of nitrogens with two attached hydrogens (primary N) is 1. The molecule has 16 heavy (non-hydrogen) atoms. The van der Waals surface area contributed by atoms with Gasteiger partial charge < -0.3 is 10.6 Å². The number of hydrogen-bond acceptors (Lipinski definition) is 5. The number of nitrogens with zero attached hydrogens (tertiary/aromatic N) is 2. The molecule has 0 saturated carbocycles. The number of anilines is 1. The largest absolute Gasteiger partial charge is 0.375 e. The highest BCUT2D eigenvalue weighted by molar-refractivity contribution is 8.00. The number of amides is 1. The molecule has 0 bridgehead atoms. The number of carbonyl (C=O) groups is 1. The molecule has 1 aliphatic heterocycles. The predicted octanol–water partition coefficient (Wildman–Crippen LogP) is 1.69. The Bertz CT molecular complexity index is 380. The third kappa shape index (κ3) is 2.49. The molecule has 1 aliphatic rings. The zero-order valence-corrected chi connectivity index (χ0v) is 10.8. The van der Waals surface area contributed by atoms with E-state index >= 15 is 0 Å². The smallest absolute Gasteiger partial charge is 0.273 e. The van der Waals surface area contributed by atoms with Gasteiger partial charge in [0.15, 0.2) is 5.13 Å². The molecule has 1 aromatic rings. The van der Waals surface area contributed by atoms with Gasteiger partial charge >= 0.3 is 0 Å². The van der Waals surface area contributed by atoms with Crippen LogP contribution < -0.4 is 5.73 Å². The second kappa shape index (κ2) is 5.05. The van der Waals surface area contributed by atoms with Gasteiger partial charge in [0.1, 0.15) is 5.69 Å². The molecule has 4 nitrogen and oxygen atoms in total. The van der Waals surface area contributed by atoms with E-state index < -0.39 is 0 Å². The van der Waals surface area contributed by atoms with Gasteiger partial charge in [-0.3, -0.25) is 4.79 Å². The van der Waals surface area contributed by atoms with Crippen molar-refractivity contribution >= 4 is 34.1 Å². The number of thiazole rings is 1. The maximum atomic E-state index is 12.1. The SMILES string of the molecule is CCC1CN(C(=O)c2csc(N)n2)CCS1. The highest BCUT2D eigenvalue weighted by Gasteiger charge is 2.25. The van der Waals surface area contributed by atoms with Gasteiger partial charge in [-0.1, -0.05) is 6.92 Å². The first-order valence-electron chi connectivity index (χ1n) is 5.32. The van der Waals surface area contributed by atoms with Crippen LogP contribution in [0, 0.1) is 0 Å². The van der Waals surface area contributed by atoms with E-state index in [0.29, 0.717) is 16.1 Å². The van der Waals surface area contributed by atoms with Crippen LogP contribution in [0.3, 0.4) is 0 Å². The molecule has 0 aliphatic carbocycles. The zero-order valence-electron chi connectivity index (χ0n) is 9.18. The second-order valence-corrected chi connectivity index (χ2v) is 6.02. The molecular weight excluding hydrogens is 242 g/mol. The van der Waals surface area contributed by atoms with Crippen LogP contribution in [0.5, 0.6) is 0 Å². The molecule has 1 saturated heterocycles. The number of carbonyl (C=O) groups excluding carboxylic acids is 1. The Hall–Kier alpha value is -0.750. The minimum Gasteiger partial charge on any atom is -0.375 e. The first-order chi connectivity index (χ1) is 7.70. The molecule has 1 unspecified atom stereocenters. The lowest BCUT2D eigenvalue weighted by Crippen LogP contribution is -2.41. The first kappa shape index (κ1) is 11.7. The fourth-order valence-electron chi connectivity index (χ4n) is 1.70. The summed E-state index contributed by atoms with van der Waals surface area (Å²) in [5, 5.41) is 2.76. The number of hydrogen-bond donors (Lipinski definition) is 1. The molecule has 6 heteroatoms. The molecule has 2 heterocycles. The maximum absolute atomic E-state index is 12.1. The summed E-state index contributed by atoms with van der Waals surface area (Å²) in [6.45, 7) is 3.81. The molecule has 2 rings (SSSR count). The summed E-state index contributed by atoms with van der Waals surface area (Å²) < 4.78 is 0. The Labute approximate surface area is 103 Å². The summed E-state index contributed by atoms with van der Waals surface area (Å²) in [5.74, 6) is 1.04. The Morgan fingerprint density at radius 1 is 1.75 bits per heavy atom. The van der Waals surface area contributed by atoms with Crippen molar-refractivity contribution in [2.45, 2.75) is 18.6 Å². The second-order valence-electron chi connectivity index (χ2n) is 3.72. The standard InChI is InChI=1S/C10H15N3OS2/c1-2-7-5-13(3-4-15-7)9(14)8-6-16-10(11)12-8/h6-7H,2-5H2,1H3,(H2,11,12). The Kier molecular flexibility index (Phi) is 3.70. The van der Waals surface area contributed by atoms with Crippen molar-refractivity contribution in [3.05, 3.63) is 11.1 Å². The van der Waals surface area contributed by atoms with Gasteiger partial charge in [-0.2, -0.15) is 11.8 Å². The number of rotatable bonds is 2. The molecule has 1 atom stereocenters. The van der Waals surface area contributed by atoms with Gasteiger partial charge in [0.25, 0.3) is 5.91 Å². The minimum absolute atomic E-state index is 0.0201. The van der Waals surface area contributed by atoms with Gasteiger partial charge in [0.05, 0.1) is 0 Å². The van der Waals surface area contributed by atoms with Crippen LogP contribution in [0.2, 0.25) is 0 Å². The van der Waals surface area contributed by atoms with Crippen LogP contribution in [0.1, 0.15) is 23.8 Å². The summed E-state index contributed by atoms with van der Waals surface area (Å²) in [7, 11) is 0. The van der Waals surface area contributed by atoms with Crippen molar-refractivity contribution in [3.63, 3.8) is 0 Å². The Balaban J connectivity index is 2.04. The van der Waals surface area contributed by atoms with Crippen molar-refractivity contribution in [2.24, 2.45) is 0 Å². The molecule has 1 amide bonds. The fourth-order valence-corrected chi connectivity index (χ4v) is 3.42. The van der Waals surface area contributed by atoms with Gasteiger partial charge in [0, 0.05) is 29.5 Å². The molecule has 88 valence electrons. The lowest BCUT2D eigenvalue weighted by atomic mass is 10.3. The molecule has 1 fully saturated rings. The van der Waals surface area contributed by atoms with Gasteiger partial charge in [0.2, 0.25) is 0 Å². The highest BCUT2D eigenvalue weighted by atomic mass is 32.2. The normalized spacial score (nSPS) is 21.1. The van der Waals surface area contributed by atoms with Gasteiger partial charge in [-0.05, 0) is 6.42 Å². The van der Waals surface area contributed by atoms with Crippen LogP contribution in [-0.2, 0) is 0 Å². The molecule has 0 radical (unpaired) electrons. The van der Waals surface area contributed by atoms with Crippen LogP contribution in [0.25, 0.3) is 0 Å². The Morgan fingerprint density at radius 2 is 2.56 bits per heavy atom. The van der Waals surface area contributed by atoms with Crippen molar-refractivity contribution < 1.29 is 4.79 Å². The maximum Gasteiger partial charge on any atom is 0.273 e. The average molecular weight is 257 g/mol. The van der Waals surface area contributed by atoms with Crippen molar-refractivity contribution in [1.29, 1.82) is 0 Å². The van der Waals surface area contributed by atoms with E-state index in [-0.39, 0.29) is 5.91 Å². The monoisotopic (exact) mass is 257 g/mol. The molecule has 0 spiro atoms. The number of aromatic nitrogens is 1. The zero-order chi connectivity index (χ0) is 11.5. The van der Waals surface area contributed by atoms with Crippen LogP contribution in [0.15, 0.2) is 5.38 Å². The van der Waals surface area contributed by atoms with E-state index in [4.69, 9.17) is 5.73 Å². The fraction of sp³-hybridized carbons (Fsp3) is 0.600. The lowest BCUT2D eigenvalue weighted by molar-refractivity contribution is 0.0756. The summed E-state index contributed by atoms with van der Waals surface area (Å²) in [6.07, 6.45) is 1.10. The summed E-state index contributed by atoms with van der Waals surface area (Å²) >= 11 is 3.27. The number of nitrogen functional groups attached to an aromatic ring is 1. The topological polar surface area (TPSA) is 59.2 Å². The van der Waals surface area contributed by atoms with Crippen LogP contribution >= 0.6 is 23.1 Å². The van der Waals surface area contributed by atoms with E-state index in [1.165, 1.54) is 11.3 Å². The van der Waals surface area contributed by atoms with E-state index in [1.807, 2.05) is 16.7 Å². The van der Waals surface area contributed by atoms with E-state index in [0.717, 1.165) is 25.3 Å². The third-order valence-electron chi connectivity index (χ3n) is 2.62.